The summed E-state index contributed by atoms with van der Waals surface area (Å²) in [5.41, 5.74) is 8.79. The van der Waals surface area contributed by atoms with Gasteiger partial charge in [0, 0.05) is 23.0 Å². The number of benzene rings is 1. The van der Waals surface area contributed by atoms with Crippen molar-refractivity contribution in [2.24, 2.45) is 0 Å². The Morgan fingerprint density at radius 1 is 1.12 bits per heavy atom. The molecule has 2 N–H and O–H groups in total. The molecule has 0 saturated carbocycles. The van der Waals surface area contributed by atoms with Crippen LogP contribution >= 0.6 is 11.8 Å². The number of aromatic nitrogens is 2. The first-order valence-electron chi connectivity index (χ1n) is 4.98. The zero-order valence-electron chi connectivity index (χ0n) is 9.27. The van der Waals surface area contributed by atoms with Crippen molar-refractivity contribution < 1.29 is 0 Å². The molecule has 0 spiro atoms. The van der Waals surface area contributed by atoms with Gasteiger partial charge in [-0.15, -0.1) is 0 Å². The fourth-order valence-electron chi connectivity index (χ4n) is 1.27. The number of hydrogen-bond donors (Lipinski definition) is 1. The predicted molar refractivity (Wildman–Crippen MR) is 66.5 cm³/mol. The van der Waals surface area contributed by atoms with E-state index in [4.69, 9.17) is 5.73 Å². The van der Waals surface area contributed by atoms with E-state index in [9.17, 15) is 0 Å². The quantitative estimate of drug-likeness (QED) is 0.638. The largest absolute Gasteiger partial charge is 0.398 e. The third kappa shape index (κ3) is 2.33. The van der Waals surface area contributed by atoms with E-state index in [1.54, 1.807) is 0 Å². The number of nitrogens with zero attached hydrogens (tertiary/aromatic N) is 2. The number of aryl methyl sites for hydroxylation is 1. The number of hydrogen-bond acceptors (Lipinski definition) is 4. The summed E-state index contributed by atoms with van der Waals surface area (Å²) in [6, 6.07) is 5.87. The van der Waals surface area contributed by atoms with Gasteiger partial charge in [-0.2, -0.15) is 0 Å². The average molecular weight is 231 g/mol. The fraction of sp³-hybridized carbons (Fsp3) is 0.167. The van der Waals surface area contributed by atoms with Crippen LogP contribution in [0.2, 0.25) is 0 Å². The van der Waals surface area contributed by atoms with Gasteiger partial charge in [0.2, 0.25) is 0 Å². The van der Waals surface area contributed by atoms with Crippen LogP contribution in [0.5, 0.6) is 0 Å². The molecule has 3 nitrogen and oxygen atoms in total. The van der Waals surface area contributed by atoms with E-state index in [1.807, 2.05) is 44.4 Å². The van der Waals surface area contributed by atoms with E-state index in [0.29, 0.717) is 0 Å². The summed E-state index contributed by atoms with van der Waals surface area (Å²) in [5.74, 6) is 0. The third-order valence-electron chi connectivity index (χ3n) is 2.28. The Labute approximate surface area is 99.1 Å². The van der Waals surface area contributed by atoms with Crippen LogP contribution in [0.3, 0.4) is 0 Å². The first-order chi connectivity index (χ1) is 7.66. The lowest BCUT2D eigenvalue weighted by Crippen LogP contribution is -1.92. The number of nitrogens with two attached hydrogens (primary N) is 1. The molecule has 2 aromatic rings. The Morgan fingerprint density at radius 2 is 1.81 bits per heavy atom. The highest BCUT2D eigenvalue weighted by Gasteiger charge is 2.05. The molecule has 1 aromatic carbocycles. The zero-order chi connectivity index (χ0) is 11.5. The summed E-state index contributed by atoms with van der Waals surface area (Å²) in [4.78, 5) is 9.61. The molecule has 0 amide bonds. The summed E-state index contributed by atoms with van der Waals surface area (Å²) in [6.07, 6.45) is 3.63. The van der Waals surface area contributed by atoms with Crippen LogP contribution < -0.4 is 5.73 Å². The molecule has 1 heterocycles. The Bertz CT molecular complexity index is 494. The van der Waals surface area contributed by atoms with Crippen molar-refractivity contribution in [2.45, 2.75) is 23.9 Å². The number of nitrogen functional groups attached to an aromatic ring is 1. The maximum absolute atomic E-state index is 5.84. The second-order valence-electron chi connectivity index (χ2n) is 3.62. The second kappa shape index (κ2) is 4.53. The molecular weight excluding hydrogens is 218 g/mol. The number of rotatable bonds is 2. The molecule has 2 rings (SSSR count). The van der Waals surface area contributed by atoms with Crippen LogP contribution in [0.15, 0.2) is 40.6 Å². The lowest BCUT2D eigenvalue weighted by Gasteiger charge is -2.06. The minimum Gasteiger partial charge on any atom is -0.398 e. The summed E-state index contributed by atoms with van der Waals surface area (Å²) in [6.45, 7) is 3.98. The van der Waals surface area contributed by atoms with Crippen molar-refractivity contribution in [3.05, 3.63) is 41.7 Å². The summed E-state index contributed by atoms with van der Waals surface area (Å²) < 4.78 is 0. The monoisotopic (exact) mass is 231 g/mol. The molecule has 16 heavy (non-hydrogen) atoms. The van der Waals surface area contributed by atoms with Gasteiger partial charge in [-0.05, 0) is 48.9 Å². The van der Waals surface area contributed by atoms with Gasteiger partial charge < -0.3 is 5.73 Å². The van der Waals surface area contributed by atoms with Crippen molar-refractivity contribution >= 4 is 17.4 Å². The Morgan fingerprint density at radius 3 is 2.50 bits per heavy atom. The van der Waals surface area contributed by atoms with Crippen molar-refractivity contribution in [2.75, 3.05) is 5.73 Å². The summed E-state index contributed by atoms with van der Waals surface area (Å²) >= 11 is 1.53. The molecule has 82 valence electrons. The first kappa shape index (κ1) is 11.0. The SMILES string of the molecule is Cc1cnc(Sc2cccc(N)c2C)nc1. The van der Waals surface area contributed by atoms with Crippen LogP contribution in [0.25, 0.3) is 0 Å². The topological polar surface area (TPSA) is 51.8 Å². The molecule has 0 aliphatic carbocycles. The smallest absolute Gasteiger partial charge is 0.192 e. The molecule has 0 saturated heterocycles. The van der Waals surface area contributed by atoms with Gasteiger partial charge in [-0.1, -0.05) is 6.07 Å². The molecule has 0 unspecified atom stereocenters. The zero-order valence-corrected chi connectivity index (χ0v) is 10.1. The molecule has 0 atom stereocenters. The van der Waals surface area contributed by atoms with E-state index in [1.165, 1.54) is 11.8 Å². The molecule has 0 fully saturated rings. The minimum absolute atomic E-state index is 0.749. The maximum atomic E-state index is 5.84. The Balaban J connectivity index is 2.27. The standard InChI is InChI=1S/C12H13N3S/c1-8-6-14-12(15-7-8)16-11-5-3-4-10(13)9(11)2/h3-7H,13H2,1-2H3. The van der Waals surface area contributed by atoms with Gasteiger partial charge >= 0.3 is 0 Å². The fourth-order valence-corrected chi connectivity index (χ4v) is 2.10. The van der Waals surface area contributed by atoms with Gasteiger partial charge in [0.1, 0.15) is 0 Å². The predicted octanol–water partition coefficient (Wildman–Crippen LogP) is 2.83. The van der Waals surface area contributed by atoms with Crippen molar-refractivity contribution in [1.82, 2.24) is 9.97 Å². The van der Waals surface area contributed by atoms with E-state index in [0.717, 1.165) is 26.9 Å². The average Bonchev–Trinajstić information content (AvgIpc) is 2.28. The van der Waals surface area contributed by atoms with Gasteiger partial charge in [0.05, 0.1) is 0 Å². The van der Waals surface area contributed by atoms with Gasteiger partial charge in [-0.3, -0.25) is 0 Å². The van der Waals surface area contributed by atoms with Crippen molar-refractivity contribution in [3.63, 3.8) is 0 Å². The third-order valence-corrected chi connectivity index (χ3v) is 3.34. The van der Waals surface area contributed by atoms with Gasteiger partial charge in [0.25, 0.3) is 0 Å². The van der Waals surface area contributed by atoms with E-state index < -0.39 is 0 Å². The van der Waals surface area contributed by atoms with Crippen molar-refractivity contribution in [3.8, 4) is 0 Å². The van der Waals surface area contributed by atoms with Gasteiger partial charge in [-0.25, -0.2) is 9.97 Å². The minimum atomic E-state index is 0.749. The van der Waals surface area contributed by atoms with Crippen LogP contribution in [0.4, 0.5) is 5.69 Å². The molecule has 1 aromatic heterocycles. The number of anilines is 1. The van der Waals surface area contributed by atoms with E-state index in [-0.39, 0.29) is 0 Å². The summed E-state index contributed by atoms with van der Waals surface area (Å²) in [7, 11) is 0. The second-order valence-corrected chi connectivity index (χ2v) is 4.62. The summed E-state index contributed by atoms with van der Waals surface area (Å²) in [5, 5.41) is 0.749. The maximum Gasteiger partial charge on any atom is 0.192 e. The molecule has 0 aliphatic heterocycles. The molecule has 0 bridgehead atoms. The highest BCUT2D eigenvalue weighted by atomic mass is 32.2. The van der Waals surface area contributed by atoms with Crippen molar-refractivity contribution in [1.29, 1.82) is 0 Å². The highest BCUT2D eigenvalue weighted by molar-refractivity contribution is 7.99. The normalized spacial score (nSPS) is 10.4. The lowest BCUT2D eigenvalue weighted by atomic mass is 10.2. The van der Waals surface area contributed by atoms with Gasteiger partial charge in [0.15, 0.2) is 5.16 Å². The van der Waals surface area contributed by atoms with Crippen LogP contribution in [0, 0.1) is 13.8 Å². The highest BCUT2D eigenvalue weighted by Crippen LogP contribution is 2.29. The van der Waals surface area contributed by atoms with E-state index in [2.05, 4.69) is 9.97 Å². The van der Waals surface area contributed by atoms with E-state index >= 15 is 0 Å². The molecule has 4 heteroatoms. The molecular formula is C12H13N3S. The Kier molecular flexibility index (Phi) is 3.10. The Hall–Kier alpha value is -1.55. The molecule has 0 aliphatic rings. The first-order valence-corrected chi connectivity index (χ1v) is 5.80. The van der Waals surface area contributed by atoms with Crippen LogP contribution in [-0.4, -0.2) is 9.97 Å². The molecule has 0 radical (unpaired) electrons. The van der Waals surface area contributed by atoms with Crippen LogP contribution in [0.1, 0.15) is 11.1 Å². The lowest BCUT2D eigenvalue weighted by molar-refractivity contribution is 0.949. The van der Waals surface area contributed by atoms with Crippen LogP contribution in [-0.2, 0) is 0 Å².